The molecule has 0 unspecified atom stereocenters. The summed E-state index contributed by atoms with van der Waals surface area (Å²) < 4.78 is 25.4. The molecule has 0 N–H and O–H groups in total. The van der Waals surface area contributed by atoms with Gasteiger partial charge in [-0.1, -0.05) is 121 Å². The van der Waals surface area contributed by atoms with Crippen LogP contribution in [0.1, 0.15) is 33.4 Å². The van der Waals surface area contributed by atoms with E-state index < -0.39 is 40.0 Å². The van der Waals surface area contributed by atoms with E-state index in [1.807, 2.05) is 61.5 Å². The van der Waals surface area contributed by atoms with E-state index in [1.165, 1.54) is 22.1 Å². The number of pyridine rings is 2. The Labute approximate surface area is 370 Å². The Morgan fingerprint density at radius 2 is 0.984 bits per heavy atom. The van der Waals surface area contributed by atoms with Crippen LogP contribution >= 0.6 is 0 Å². The second-order valence-electron chi connectivity index (χ2n) is 16.4. The SMILES string of the molecule is Cc1ccc2ccc(-c3ccc4cccc(O[C](C)(C)[Al][O]c5ccc6cc(-c7ccccc7)ccc6c5)c4n3)c(O[C](C)(C)[Al][O]c3ccc(-c4ccccc4)cc3)c2n1. The first kappa shape index (κ1) is 40.3. The molecule has 0 saturated heterocycles. The number of fused-ring (bicyclic) bond motifs is 3. The Hall–Kier alpha value is -6.12. The molecule has 9 rings (SSSR count). The van der Waals surface area contributed by atoms with Crippen LogP contribution in [0.4, 0.5) is 0 Å². The lowest BCUT2D eigenvalue weighted by molar-refractivity contribution is 0.183. The minimum Gasteiger partial charge on any atom is -0.646 e. The Kier molecular flexibility index (Phi) is 11.3. The van der Waals surface area contributed by atoms with Gasteiger partial charge in [-0.2, -0.15) is 0 Å². The molecule has 0 saturated carbocycles. The molecule has 0 fully saturated rings. The predicted octanol–water partition coefficient (Wildman–Crippen LogP) is 12.9. The second kappa shape index (κ2) is 17.1. The van der Waals surface area contributed by atoms with Crippen molar-refractivity contribution in [2.75, 3.05) is 0 Å². The number of para-hydroxylation sites is 1. The number of rotatable bonds is 13. The third-order valence-corrected chi connectivity index (χ3v) is 12.6. The number of ether oxygens (including phenoxy) is 2. The molecule has 2 aromatic heterocycles. The second-order valence-corrected chi connectivity index (χ2v) is 20.1. The Morgan fingerprint density at radius 1 is 0.426 bits per heavy atom. The van der Waals surface area contributed by atoms with Crippen molar-refractivity contribution < 1.29 is 17.1 Å². The van der Waals surface area contributed by atoms with Crippen molar-refractivity contribution in [3.8, 4) is 56.5 Å². The van der Waals surface area contributed by atoms with E-state index >= 15 is 0 Å². The fourth-order valence-electron chi connectivity index (χ4n) is 7.40. The van der Waals surface area contributed by atoms with Gasteiger partial charge in [-0.05, 0) is 122 Å². The van der Waals surface area contributed by atoms with Crippen LogP contribution in [0.15, 0.2) is 176 Å². The molecule has 61 heavy (non-hydrogen) atoms. The number of aryl methyl sites for hydroxylation is 1. The van der Waals surface area contributed by atoms with Crippen molar-refractivity contribution in [1.82, 2.24) is 9.97 Å². The molecule has 0 spiro atoms. The van der Waals surface area contributed by atoms with Crippen LogP contribution in [0.5, 0.6) is 23.0 Å². The first-order valence-corrected chi connectivity index (χ1v) is 22.6. The van der Waals surface area contributed by atoms with E-state index in [4.69, 9.17) is 27.0 Å². The lowest BCUT2D eigenvalue weighted by Crippen LogP contribution is -2.39. The van der Waals surface area contributed by atoms with Gasteiger partial charge in [0.1, 0.15) is 16.8 Å². The van der Waals surface area contributed by atoms with Gasteiger partial charge < -0.3 is 17.1 Å². The van der Waals surface area contributed by atoms with Crippen molar-refractivity contribution in [3.05, 3.63) is 182 Å². The van der Waals surface area contributed by atoms with E-state index in [0.29, 0.717) is 11.5 Å². The predicted molar refractivity (Wildman–Crippen MR) is 251 cm³/mol. The van der Waals surface area contributed by atoms with Gasteiger partial charge in [0.25, 0.3) is 0 Å². The summed E-state index contributed by atoms with van der Waals surface area (Å²) in [6, 6.07) is 60.3. The fourth-order valence-corrected chi connectivity index (χ4v) is 8.88. The quantitative estimate of drug-likeness (QED) is 0.108. The Bertz CT molecular complexity index is 2990. The summed E-state index contributed by atoms with van der Waals surface area (Å²) in [6.07, 6.45) is 0. The molecular formula is C53H44Al2N2O4. The summed E-state index contributed by atoms with van der Waals surface area (Å²) in [4.78, 5) is 10.3. The van der Waals surface area contributed by atoms with Crippen molar-refractivity contribution >= 4 is 63.7 Å². The Balaban J connectivity index is 0.953. The summed E-state index contributed by atoms with van der Waals surface area (Å²) in [6.45, 7) is 10.3. The highest BCUT2D eigenvalue weighted by atomic mass is 27.1. The molecule has 0 aliphatic rings. The molecular weight excluding hydrogens is 783 g/mol. The fraction of sp³-hybridized carbons (Fsp3) is 0.132. The number of benzene rings is 7. The molecule has 2 heterocycles. The number of nitrogens with zero attached hydrogens (tertiary/aromatic N) is 2. The highest BCUT2D eigenvalue weighted by molar-refractivity contribution is 6.33. The molecule has 7 aromatic carbocycles. The maximum Gasteiger partial charge on any atom is 0.576 e. The average molecular weight is 827 g/mol. The monoisotopic (exact) mass is 826 g/mol. The number of hydrogen-bond donors (Lipinski definition) is 0. The van der Waals surface area contributed by atoms with Gasteiger partial charge in [0.05, 0.1) is 26.1 Å². The molecule has 0 amide bonds. The summed E-state index contributed by atoms with van der Waals surface area (Å²) in [5, 5.41) is 4.28. The molecule has 9 aromatic rings. The van der Waals surface area contributed by atoms with E-state index in [0.717, 1.165) is 61.2 Å². The molecule has 0 atom stereocenters. The standard InChI is InChI=1S/C25H24N2O2.C16H12O.C12H10O.2Al/c1-15(2)28-22-8-6-7-18-12-14-21(27-23(18)22)20-13-11-19-10-9-17(5)26-24(19)25(20)29-16(3)4;17-16-9-8-14-10-13(6-7-15(14)11-16)12-4-2-1-3-5-12;13-12-8-6-11(7-9-12)10-4-2-1-3-5-10;;/h6-14H,1-5H3;1-11,17H;1-9,13H;;/q;;;2*+1/p-2. The van der Waals surface area contributed by atoms with Crippen molar-refractivity contribution in [2.24, 2.45) is 0 Å². The Morgan fingerprint density at radius 3 is 1.74 bits per heavy atom. The van der Waals surface area contributed by atoms with Crippen LogP contribution in [0.25, 0.3) is 66.1 Å². The maximum atomic E-state index is 6.99. The minimum atomic E-state index is -0.638. The summed E-state index contributed by atoms with van der Waals surface area (Å²) in [5.41, 5.74) is 8.79. The number of hydrogen-bond acceptors (Lipinski definition) is 6. The van der Waals surface area contributed by atoms with Gasteiger partial charge in [-0.25, -0.2) is 9.97 Å². The van der Waals surface area contributed by atoms with Gasteiger partial charge in [0.2, 0.25) is 0 Å². The van der Waals surface area contributed by atoms with Gasteiger partial charge in [0.15, 0.2) is 5.75 Å². The maximum absolute atomic E-state index is 6.99. The molecule has 0 bridgehead atoms. The molecule has 2 radical (unpaired) electrons. The summed E-state index contributed by atoms with van der Waals surface area (Å²) in [5.74, 6) is 3.01. The molecule has 296 valence electrons. The zero-order chi connectivity index (χ0) is 42.0. The first-order valence-electron chi connectivity index (χ1n) is 20.5. The van der Waals surface area contributed by atoms with Crippen molar-refractivity contribution in [1.29, 1.82) is 0 Å². The van der Waals surface area contributed by atoms with E-state index in [9.17, 15) is 0 Å². The van der Waals surface area contributed by atoms with Crippen LogP contribution < -0.4 is 17.1 Å². The van der Waals surface area contributed by atoms with Gasteiger partial charge in [0, 0.05) is 22.0 Å². The first-order chi connectivity index (χ1) is 29.6. The van der Waals surface area contributed by atoms with E-state index in [1.54, 1.807) is 0 Å². The van der Waals surface area contributed by atoms with Crippen LogP contribution in [-0.4, -0.2) is 50.0 Å². The van der Waals surface area contributed by atoms with E-state index in [-0.39, 0.29) is 0 Å². The molecule has 0 aliphatic carbocycles. The topological polar surface area (TPSA) is 62.7 Å². The van der Waals surface area contributed by atoms with Gasteiger partial charge >= 0.3 is 31.1 Å². The lowest BCUT2D eigenvalue weighted by atomic mass is 10.0. The highest BCUT2D eigenvalue weighted by Gasteiger charge is 2.31. The lowest BCUT2D eigenvalue weighted by Gasteiger charge is -2.27. The van der Waals surface area contributed by atoms with Crippen LogP contribution in [0.3, 0.4) is 0 Å². The molecule has 0 aliphatic heterocycles. The van der Waals surface area contributed by atoms with Crippen LogP contribution in [-0.2, 0) is 0 Å². The molecule has 8 heteroatoms. The zero-order valence-electron chi connectivity index (χ0n) is 34.9. The largest absolute Gasteiger partial charge is 0.646 e. The van der Waals surface area contributed by atoms with Gasteiger partial charge in [-0.3, -0.25) is 0 Å². The number of aromatic nitrogens is 2. The average Bonchev–Trinajstić information content (AvgIpc) is 3.28. The van der Waals surface area contributed by atoms with Crippen molar-refractivity contribution in [3.63, 3.8) is 0 Å². The third-order valence-electron chi connectivity index (χ3n) is 10.5. The third kappa shape index (κ3) is 9.30. The summed E-state index contributed by atoms with van der Waals surface area (Å²) in [7, 11) is 0. The summed E-state index contributed by atoms with van der Waals surface area (Å²) >= 11 is -1.23. The van der Waals surface area contributed by atoms with Crippen LogP contribution in [0, 0.1) is 6.92 Å². The highest BCUT2D eigenvalue weighted by Crippen LogP contribution is 2.39. The van der Waals surface area contributed by atoms with E-state index in [2.05, 4.69) is 149 Å². The van der Waals surface area contributed by atoms with Crippen molar-refractivity contribution in [2.45, 2.75) is 43.5 Å². The molecule has 6 nitrogen and oxygen atoms in total. The zero-order valence-corrected chi connectivity index (χ0v) is 37.2. The normalized spacial score (nSPS) is 11.7. The van der Waals surface area contributed by atoms with Gasteiger partial charge in [-0.15, -0.1) is 0 Å². The minimum absolute atomic E-state index is 0.592. The smallest absolute Gasteiger partial charge is 0.576 e. The van der Waals surface area contributed by atoms with Crippen LogP contribution in [0.2, 0.25) is 0 Å².